The Bertz CT molecular complexity index is 869. The van der Waals surface area contributed by atoms with Gasteiger partial charge in [-0.05, 0) is 36.6 Å². The van der Waals surface area contributed by atoms with E-state index >= 15 is 0 Å². The van der Waals surface area contributed by atoms with Crippen LogP contribution in [0.1, 0.15) is 24.2 Å². The Morgan fingerprint density at radius 2 is 2.00 bits per heavy atom. The van der Waals surface area contributed by atoms with Gasteiger partial charge < -0.3 is 15.2 Å². The van der Waals surface area contributed by atoms with Crippen LogP contribution in [0.15, 0.2) is 48.5 Å². The molecule has 0 atom stereocenters. The predicted molar refractivity (Wildman–Crippen MR) is 104 cm³/mol. The van der Waals surface area contributed by atoms with E-state index in [9.17, 15) is 4.79 Å². The summed E-state index contributed by atoms with van der Waals surface area (Å²) < 4.78 is 0. The third-order valence-corrected chi connectivity index (χ3v) is 4.94. The number of rotatable bonds is 6. The highest BCUT2D eigenvalue weighted by Crippen LogP contribution is 2.25. The lowest BCUT2D eigenvalue weighted by molar-refractivity contribution is -0.121. The molecule has 0 spiro atoms. The number of hydrogen-bond donors (Lipinski definition) is 2. The number of aromatic amines is 1. The van der Waals surface area contributed by atoms with E-state index < -0.39 is 0 Å². The van der Waals surface area contributed by atoms with Crippen LogP contribution in [-0.4, -0.2) is 35.5 Å². The third kappa shape index (κ3) is 3.72. The Morgan fingerprint density at radius 3 is 2.92 bits per heavy atom. The molecule has 1 aliphatic heterocycles. The Morgan fingerprint density at radius 1 is 1.15 bits per heavy atom. The zero-order valence-electron chi connectivity index (χ0n) is 14.9. The van der Waals surface area contributed by atoms with Gasteiger partial charge in [0.05, 0.1) is 11.0 Å². The lowest BCUT2D eigenvalue weighted by Crippen LogP contribution is -2.37. The highest BCUT2D eigenvalue weighted by atomic mass is 16.1. The summed E-state index contributed by atoms with van der Waals surface area (Å²) in [6.07, 6.45) is 3.41. The first-order valence-corrected chi connectivity index (χ1v) is 9.33. The Balaban J connectivity index is 1.24. The second-order valence-electron chi connectivity index (χ2n) is 6.77. The summed E-state index contributed by atoms with van der Waals surface area (Å²) in [5.41, 5.74) is 4.70. The zero-order valence-corrected chi connectivity index (χ0v) is 14.9. The lowest BCUT2D eigenvalue weighted by atomic mass is 10.0. The van der Waals surface area contributed by atoms with Gasteiger partial charge >= 0.3 is 0 Å². The normalized spacial score (nSPS) is 13.6. The van der Waals surface area contributed by atoms with Crippen molar-refractivity contribution in [1.29, 1.82) is 0 Å². The highest BCUT2D eigenvalue weighted by Gasteiger charge is 2.15. The van der Waals surface area contributed by atoms with Crippen molar-refractivity contribution < 1.29 is 4.79 Å². The maximum absolute atomic E-state index is 12.1. The fraction of sp³-hybridized carbons (Fsp3) is 0.333. The van der Waals surface area contributed by atoms with Gasteiger partial charge in [-0.3, -0.25) is 4.79 Å². The van der Waals surface area contributed by atoms with Crippen LogP contribution in [0.2, 0.25) is 0 Å². The molecule has 3 aromatic rings. The largest absolute Gasteiger partial charge is 0.370 e. The van der Waals surface area contributed by atoms with E-state index in [0.717, 1.165) is 36.4 Å². The second-order valence-corrected chi connectivity index (χ2v) is 6.77. The van der Waals surface area contributed by atoms with Crippen LogP contribution in [0.4, 0.5) is 5.69 Å². The summed E-state index contributed by atoms with van der Waals surface area (Å²) in [5, 5.41) is 3.04. The Kier molecular flexibility index (Phi) is 4.86. The van der Waals surface area contributed by atoms with Crippen molar-refractivity contribution >= 4 is 22.6 Å². The average Bonchev–Trinajstić information content (AvgIpc) is 3.10. The van der Waals surface area contributed by atoms with Crippen molar-refractivity contribution in [2.45, 2.75) is 25.7 Å². The molecular formula is C21H24N4O. The molecule has 1 amide bonds. The number of anilines is 1. The molecule has 1 aliphatic rings. The van der Waals surface area contributed by atoms with Gasteiger partial charge in [0.2, 0.25) is 5.91 Å². The number of nitrogens with one attached hydrogen (secondary N) is 2. The molecule has 0 bridgehead atoms. The minimum Gasteiger partial charge on any atom is -0.370 e. The van der Waals surface area contributed by atoms with E-state index in [2.05, 4.69) is 44.5 Å². The number of amides is 1. The molecule has 0 fully saturated rings. The van der Waals surface area contributed by atoms with Gasteiger partial charge in [-0.1, -0.05) is 30.3 Å². The molecule has 0 saturated heterocycles. The monoisotopic (exact) mass is 348 g/mol. The van der Waals surface area contributed by atoms with Gasteiger partial charge in [-0.15, -0.1) is 0 Å². The van der Waals surface area contributed by atoms with E-state index in [1.807, 2.05) is 24.3 Å². The number of benzene rings is 2. The van der Waals surface area contributed by atoms with E-state index in [1.165, 1.54) is 17.7 Å². The standard InChI is InChI=1S/C21H24N4O/c26-21(12-11-20-23-17-8-2-3-9-18(17)24-20)22-13-15-25-14-5-7-16-6-1-4-10-19(16)25/h1-4,6,8-10H,5,7,11-15H2,(H,22,26)(H,23,24). The molecule has 0 aliphatic carbocycles. The molecule has 5 heteroatoms. The number of carbonyl (C=O) groups is 1. The van der Waals surface area contributed by atoms with Gasteiger partial charge in [0.15, 0.2) is 0 Å². The molecule has 134 valence electrons. The van der Waals surface area contributed by atoms with Crippen molar-refractivity contribution in [2.24, 2.45) is 0 Å². The second kappa shape index (κ2) is 7.60. The summed E-state index contributed by atoms with van der Waals surface area (Å²) in [5.74, 6) is 0.946. The molecule has 2 aromatic carbocycles. The highest BCUT2D eigenvalue weighted by molar-refractivity contribution is 5.77. The van der Waals surface area contributed by atoms with Crippen molar-refractivity contribution in [2.75, 3.05) is 24.5 Å². The summed E-state index contributed by atoms with van der Waals surface area (Å²) in [4.78, 5) is 22.3. The van der Waals surface area contributed by atoms with E-state index in [1.54, 1.807) is 0 Å². The summed E-state index contributed by atoms with van der Waals surface area (Å²) in [7, 11) is 0. The first-order valence-electron chi connectivity index (χ1n) is 9.33. The fourth-order valence-corrected chi connectivity index (χ4v) is 3.62. The maximum Gasteiger partial charge on any atom is 0.220 e. The molecule has 0 radical (unpaired) electrons. The van der Waals surface area contributed by atoms with Gasteiger partial charge in [-0.25, -0.2) is 4.98 Å². The smallest absolute Gasteiger partial charge is 0.220 e. The van der Waals surface area contributed by atoms with Crippen molar-refractivity contribution in [3.05, 3.63) is 59.9 Å². The number of fused-ring (bicyclic) bond motifs is 2. The van der Waals surface area contributed by atoms with Gasteiger partial charge in [0.25, 0.3) is 0 Å². The van der Waals surface area contributed by atoms with Crippen LogP contribution in [0.25, 0.3) is 11.0 Å². The number of nitrogens with zero attached hydrogens (tertiary/aromatic N) is 2. The summed E-state index contributed by atoms with van der Waals surface area (Å²) >= 11 is 0. The first-order chi connectivity index (χ1) is 12.8. The van der Waals surface area contributed by atoms with Crippen LogP contribution < -0.4 is 10.2 Å². The number of para-hydroxylation sites is 3. The lowest BCUT2D eigenvalue weighted by Gasteiger charge is -2.31. The van der Waals surface area contributed by atoms with Crippen LogP contribution in [0.5, 0.6) is 0 Å². The fourth-order valence-electron chi connectivity index (χ4n) is 3.62. The van der Waals surface area contributed by atoms with E-state index in [0.29, 0.717) is 19.4 Å². The van der Waals surface area contributed by atoms with Crippen LogP contribution in [0, 0.1) is 0 Å². The number of hydrogen-bond acceptors (Lipinski definition) is 3. The minimum atomic E-state index is 0.0794. The predicted octanol–water partition coefficient (Wildman–Crippen LogP) is 3.06. The van der Waals surface area contributed by atoms with Crippen molar-refractivity contribution in [3.8, 4) is 0 Å². The summed E-state index contributed by atoms with van der Waals surface area (Å²) in [6.45, 7) is 2.59. The van der Waals surface area contributed by atoms with Crippen molar-refractivity contribution in [3.63, 3.8) is 0 Å². The maximum atomic E-state index is 12.1. The topological polar surface area (TPSA) is 61.0 Å². The Hall–Kier alpha value is -2.82. The zero-order chi connectivity index (χ0) is 17.8. The molecule has 4 rings (SSSR count). The number of carbonyl (C=O) groups excluding carboxylic acids is 1. The first kappa shape index (κ1) is 16.6. The molecule has 0 unspecified atom stereocenters. The average molecular weight is 348 g/mol. The van der Waals surface area contributed by atoms with Crippen LogP contribution in [0.3, 0.4) is 0 Å². The number of imidazole rings is 1. The number of aryl methyl sites for hydroxylation is 2. The van der Waals surface area contributed by atoms with Gasteiger partial charge in [-0.2, -0.15) is 0 Å². The molecule has 2 N–H and O–H groups in total. The molecule has 0 saturated carbocycles. The molecule has 1 aromatic heterocycles. The van der Waals surface area contributed by atoms with Gasteiger partial charge in [0.1, 0.15) is 5.82 Å². The van der Waals surface area contributed by atoms with Gasteiger partial charge in [0, 0.05) is 38.2 Å². The summed E-state index contributed by atoms with van der Waals surface area (Å²) in [6, 6.07) is 16.5. The minimum absolute atomic E-state index is 0.0794. The molecule has 5 nitrogen and oxygen atoms in total. The van der Waals surface area contributed by atoms with E-state index in [-0.39, 0.29) is 5.91 Å². The quantitative estimate of drug-likeness (QED) is 0.720. The molecule has 26 heavy (non-hydrogen) atoms. The number of aromatic nitrogens is 2. The van der Waals surface area contributed by atoms with Crippen LogP contribution in [-0.2, 0) is 17.6 Å². The van der Waals surface area contributed by atoms with Crippen molar-refractivity contribution in [1.82, 2.24) is 15.3 Å². The molecular weight excluding hydrogens is 324 g/mol. The molecule has 2 heterocycles. The van der Waals surface area contributed by atoms with E-state index in [4.69, 9.17) is 0 Å². The third-order valence-electron chi connectivity index (χ3n) is 4.94. The SMILES string of the molecule is O=C(CCc1nc2ccccc2[nH]1)NCCN1CCCc2ccccc21. The Labute approximate surface area is 153 Å². The van der Waals surface area contributed by atoms with Crippen LogP contribution >= 0.6 is 0 Å². The number of H-pyrrole nitrogens is 1.